The highest BCUT2D eigenvalue weighted by molar-refractivity contribution is 7.95. The van der Waals surface area contributed by atoms with Gasteiger partial charge in [-0.25, -0.2) is 8.60 Å². The van der Waals surface area contributed by atoms with Gasteiger partial charge in [0.1, 0.15) is 11.6 Å². The Kier molecular flexibility index (Phi) is 3.91. The summed E-state index contributed by atoms with van der Waals surface area (Å²) in [6, 6.07) is 6.53. The molecule has 3 aliphatic rings. The molecule has 1 aliphatic heterocycles. The summed E-state index contributed by atoms with van der Waals surface area (Å²) in [6.45, 7) is 0. The number of hydrogen-bond donors (Lipinski definition) is 1. The van der Waals surface area contributed by atoms with Crippen LogP contribution in [-0.2, 0) is 40.2 Å². The van der Waals surface area contributed by atoms with Gasteiger partial charge in [-0.2, -0.15) is 4.36 Å². The smallest absolute Gasteiger partial charge is 0.286 e. The Morgan fingerprint density at radius 1 is 1.04 bits per heavy atom. The number of benzene rings is 2. The molecule has 0 radical (unpaired) electrons. The van der Waals surface area contributed by atoms with E-state index in [1.807, 2.05) is 0 Å². The standard InChI is InChI=1S/C21H19FN2O3S/c22-19-12-6-3-8-14(12)20(15-9-4-7-13(15)19)23-18(25)11-28(27)17-10-2-1-5-16(17)21(26)24-28/h1-2,5,10H,3-4,6-9,11H2,(H,23,25). The Hall–Kier alpha value is -2.54. The molecule has 0 saturated carbocycles. The normalized spacial score (nSPS) is 21.8. The summed E-state index contributed by atoms with van der Waals surface area (Å²) in [5.74, 6) is -1.48. The van der Waals surface area contributed by atoms with E-state index >= 15 is 0 Å². The lowest BCUT2D eigenvalue weighted by atomic mass is 9.97. The van der Waals surface area contributed by atoms with Gasteiger partial charge in [-0.3, -0.25) is 9.59 Å². The first-order valence-corrected chi connectivity index (χ1v) is 11.2. The number of amides is 2. The molecule has 1 unspecified atom stereocenters. The number of rotatable bonds is 3. The lowest BCUT2D eigenvalue weighted by Crippen LogP contribution is -2.24. The maximum Gasteiger partial charge on any atom is 0.286 e. The van der Waals surface area contributed by atoms with Crippen LogP contribution in [0.15, 0.2) is 33.5 Å². The van der Waals surface area contributed by atoms with E-state index in [2.05, 4.69) is 9.68 Å². The molecule has 0 bridgehead atoms. The van der Waals surface area contributed by atoms with Gasteiger partial charge in [0, 0.05) is 5.69 Å². The maximum atomic E-state index is 14.8. The second kappa shape index (κ2) is 6.24. The third kappa shape index (κ3) is 2.53. The third-order valence-corrected chi connectivity index (χ3v) is 8.01. The van der Waals surface area contributed by atoms with E-state index in [0.717, 1.165) is 36.8 Å². The molecule has 2 aromatic rings. The first kappa shape index (κ1) is 17.6. The van der Waals surface area contributed by atoms with Crippen LogP contribution in [0.5, 0.6) is 0 Å². The van der Waals surface area contributed by atoms with Crippen LogP contribution in [-0.4, -0.2) is 21.8 Å². The van der Waals surface area contributed by atoms with Crippen LogP contribution < -0.4 is 5.32 Å². The monoisotopic (exact) mass is 398 g/mol. The molecule has 1 atom stereocenters. The summed E-state index contributed by atoms with van der Waals surface area (Å²) in [5, 5.41) is 2.91. The van der Waals surface area contributed by atoms with Crippen molar-refractivity contribution in [1.82, 2.24) is 0 Å². The Labute approximate surface area is 162 Å². The lowest BCUT2D eigenvalue weighted by Gasteiger charge is -2.17. The fourth-order valence-corrected chi connectivity index (χ4v) is 6.56. The van der Waals surface area contributed by atoms with Gasteiger partial charge in [0.2, 0.25) is 5.91 Å². The van der Waals surface area contributed by atoms with E-state index in [9.17, 15) is 18.2 Å². The summed E-state index contributed by atoms with van der Waals surface area (Å²) in [6.07, 6.45) is 4.57. The van der Waals surface area contributed by atoms with Crippen LogP contribution in [0.4, 0.5) is 10.1 Å². The fraction of sp³-hybridized carbons (Fsp3) is 0.333. The van der Waals surface area contributed by atoms with Crippen LogP contribution in [0.3, 0.4) is 0 Å². The minimum Gasteiger partial charge on any atom is -0.325 e. The first-order valence-electron chi connectivity index (χ1n) is 9.51. The Morgan fingerprint density at radius 3 is 2.32 bits per heavy atom. The Bertz CT molecular complexity index is 1140. The summed E-state index contributed by atoms with van der Waals surface area (Å²) in [7, 11) is -3.13. The molecule has 2 amide bonds. The second-order valence-electron chi connectivity index (χ2n) is 7.54. The summed E-state index contributed by atoms with van der Waals surface area (Å²) >= 11 is 0. The van der Waals surface area contributed by atoms with Gasteiger partial charge in [-0.15, -0.1) is 0 Å². The van der Waals surface area contributed by atoms with E-state index in [-0.39, 0.29) is 11.6 Å². The molecule has 2 aliphatic carbocycles. The average molecular weight is 398 g/mol. The molecule has 1 N–H and O–H groups in total. The molecule has 0 spiro atoms. The van der Waals surface area contributed by atoms with E-state index in [1.54, 1.807) is 24.3 Å². The Balaban J connectivity index is 1.50. The van der Waals surface area contributed by atoms with Crippen LogP contribution >= 0.6 is 0 Å². The van der Waals surface area contributed by atoms with Crippen LogP contribution in [0.2, 0.25) is 0 Å². The van der Waals surface area contributed by atoms with Crippen molar-refractivity contribution in [3.63, 3.8) is 0 Å². The zero-order valence-electron chi connectivity index (χ0n) is 15.2. The number of nitrogens with one attached hydrogen (secondary N) is 1. The fourth-order valence-electron chi connectivity index (χ4n) is 4.66. The lowest BCUT2D eigenvalue weighted by molar-refractivity contribution is -0.113. The Morgan fingerprint density at radius 2 is 1.64 bits per heavy atom. The zero-order chi connectivity index (χ0) is 19.5. The van der Waals surface area contributed by atoms with Gasteiger partial charge in [0.05, 0.1) is 20.2 Å². The van der Waals surface area contributed by atoms with E-state index < -0.39 is 21.5 Å². The maximum absolute atomic E-state index is 14.8. The number of nitrogens with zero attached hydrogens (tertiary/aromatic N) is 1. The predicted molar refractivity (Wildman–Crippen MR) is 104 cm³/mol. The summed E-state index contributed by atoms with van der Waals surface area (Å²) in [5.41, 5.74) is 4.18. The molecular weight excluding hydrogens is 379 g/mol. The SMILES string of the molecule is O=C(CS1(=O)=NC(=O)c2ccccc21)Nc1c2c(c(F)c3c1CCC3)CCC2. The first-order chi connectivity index (χ1) is 13.5. The number of anilines is 1. The molecule has 28 heavy (non-hydrogen) atoms. The van der Waals surface area contributed by atoms with Gasteiger partial charge in [0.15, 0.2) is 0 Å². The molecule has 7 heteroatoms. The van der Waals surface area contributed by atoms with Gasteiger partial charge in [-0.1, -0.05) is 12.1 Å². The van der Waals surface area contributed by atoms with Crippen LogP contribution in [0.25, 0.3) is 0 Å². The van der Waals surface area contributed by atoms with Crippen molar-refractivity contribution in [1.29, 1.82) is 0 Å². The van der Waals surface area contributed by atoms with Crippen molar-refractivity contribution >= 4 is 27.2 Å². The zero-order valence-corrected chi connectivity index (χ0v) is 16.0. The van der Waals surface area contributed by atoms with Crippen molar-refractivity contribution in [2.75, 3.05) is 11.1 Å². The van der Waals surface area contributed by atoms with Gasteiger partial charge >= 0.3 is 0 Å². The molecule has 0 aromatic heterocycles. The second-order valence-corrected chi connectivity index (χ2v) is 9.73. The topological polar surface area (TPSA) is 75.6 Å². The molecule has 1 heterocycles. The summed E-state index contributed by atoms with van der Waals surface area (Å²) in [4.78, 5) is 25.2. The predicted octanol–water partition coefficient (Wildman–Crippen LogP) is 3.42. The summed E-state index contributed by atoms with van der Waals surface area (Å²) < 4.78 is 31.8. The highest BCUT2D eigenvalue weighted by Crippen LogP contribution is 2.41. The quantitative estimate of drug-likeness (QED) is 0.861. The molecule has 2 aromatic carbocycles. The van der Waals surface area contributed by atoms with Gasteiger partial charge in [-0.05, 0) is 72.9 Å². The molecule has 0 saturated heterocycles. The minimum atomic E-state index is -3.13. The van der Waals surface area contributed by atoms with E-state index in [4.69, 9.17) is 0 Å². The molecule has 5 nitrogen and oxygen atoms in total. The number of fused-ring (bicyclic) bond motifs is 3. The van der Waals surface area contributed by atoms with Crippen molar-refractivity contribution < 1.29 is 18.2 Å². The van der Waals surface area contributed by atoms with E-state index in [0.29, 0.717) is 40.1 Å². The van der Waals surface area contributed by atoms with Crippen molar-refractivity contribution in [2.45, 2.75) is 43.4 Å². The van der Waals surface area contributed by atoms with Crippen LogP contribution in [0.1, 0.15) is 45.5 Å². The third-order valence-electron chi connectivity index (χ3n) is 5.85. The van der Waals surface area contributed by atoms with Crippen molar-refractivity contribution in [2.24, 2.45) is 4.36 Å². The number of halogens is 1. The average Bonchev–Trinajstić information content (AvgIpc) is 3.38. The van der Waals surface area contributed by atoms with Gasteiger partial charge < -0.3 is 5.32 Å². The molecule has 0 fully saturated rings. The molecule has 144 valence electrons. The van der Waals surface area contributed by atoms with Crippen molar-refractivity contribution in [3.8, 4) is 0 Å². The minimum absolute atomic E-state index is 0.103. The van der Waals surface area contributed by atoms with Crippen LogP contribution in [0, 0.1) is 5.82 Å². The number of hydrogen-bond acceptors (Lipinski definition) is 3. The molecular formula is C21H19FN2O3S. The number of carbonyl (C=O) groups excluding carboxylic acids is 2. The van der Waals surface area contributed by atoms with Gasteiger partial charge in [0.25, 0.3) is 5.91 Å². The molecule has 5 rings (SSSR count). The number of carbonyl (C=O) groups is 2. The highest BCUT2D eigenvalue weighted by Gasteiger charge is 2.33. The largest absolute Gasteiger partial charge is 0.325 e. The highest BCUT2D eigenvalue weighted by atomic mass is 32.2. The van der Waals surface area contributed by atoms with E-state index in [1.165, 1.54) is 0 Å². The van der Waals surface area contributed by atoms with Crippen molar-refractivity contribution in [3.05, 3.63) is 57.9 Å².